The van der Waals surface area contributed by atoms with Gasteiger partial charge in [-0.1, -0.05) is 6.92 Å². The summed E-state index contributed by atoms with van der Waals surface area (Å²) in [5.74, 6) is 0.693. The third-order valence-corrected chi connectivity index (χ3v) is 3.16. The van der Waals surface area contributed by atoms with Crippen LogP contribution < -0.4 is 5.32 Å². The monoisotopic (exact) mass is 223 g/mol. The molecule has 1 saturated heterocycles. The summed E-state index contributed by atoms with van der Waals surface area (Å²) in [6.07, 6.45) is 2.23. The molecule has 0 radical (unpaired) electrons. The first kappa shape index (κ1) is 11.6. The normalized spacial score (nSPS) is 20.5. The van der Waals surface area contributed by atoms with Gasteiger partial charge in [-0.25, -0.2) is 0 Å². The lowest BCUT2D eigenvalue weighted by Gasteiger charge is -2.09. The summed E-state index contributed by atoms with van der Waals surface area (Å²) < 4.78 is 7.66. The Morgan fingerprint density at radius 2 is 2.50 bits per heavy atom. The number of hydrogen-bond acceptors (Lipinski definition) is 3. The molecule has 0 bridgehead atoms. The molecular weight excluding hydrogens is 202 g/mol. The molecule has 2 heterocycles. The van der Waals surface area contributed by atoms with Gasteiger partial charge in [-0.15, -0.1) is 0 Å². The van der Waals surface area contributed by atoms with E-state index in [1.807, 2.05) is 11.7 Å². The van der Waals surface area contributed by atoms with Crippen LogP contribution in [0.3, 0.4) is 0 Å². The Kier molecular flexibility index (Phi) is 3.96. The topological polar surface area (TPSA) is 39.1 Å². The van der Waals surface area contributed by atoms with E-state index in [9.17, 15) is 0 Å². The summed E-state index contributed by atoms with van der Waals surface area (Å²) in [5, 5.41) is 7.75. The Labute approximate surface area is 97.0 Å². The van der Waals surface area contributed by atoms with Crippen molar-refractivity contribution in [2.24, 2.45) is 13.0 Å². The first-order chi connectivity index (χ1) is 7.79. The maximum Gasteiger partial charge on any atom is 0.0884 e. The van der Waals surface area contributed by atoms with E-state index in [2.05, 4.69) is 23.4 Å². The van der Waals surface area contributed by atoms with Crippen molar-refractivity contribution >= 4 is 0 Å². The van der Waals surface area contributed by atoms with Crippen molar-refractivity contribution in [2.75, 3.05) is 19.7 Å². The van der Waals surface area contributed by atoms with Gasteiger partial charge in [-0.05, 0) is 31.4 Å². The Balaban J connectivity index is 1.77. The molecule has 1 aromatic heterocycles. The van der Waals surface area contributed by atoms with Crippen LogP contribution in [0.15, 0.2) is 6.07 Å². The van der Waals surface area contributed by atoms with Crippen LogP contribution in [0, 0.1) is 5.92 Å². The van der Waals surface area contributed by atoms with Crippen LogP contribution in [0.25, 0.3) is 0 Å². The lowest BCUT2D eigenvalue weighted by molar-refractivity contribution is 0.0882. The second-order valence-electron chi connectivity index (χ2n) is 4.48. The maximum atomic E-state index is 5.74. The molecule has 1 aliphatic heterocycles. The summed E-state index contributed by atoms with van der Waals surface area (Å²) in [4.78, 5) is 0. The average Bonchev–Trinajstić information content (AvgIpc) is 2.89. The van der Waals surface area contributed by atoms with Crippen LogP contribution in [0.4, 0.5) is 0 Å². The van der Waals surface area contributed by atoms with Gasteiger partial charge < -0.3 is 10.1 Å². The van der Waals surface area contributed by atoms with E-state index in [1.165, 1.54) is 12.1 Å². The first-order valence-electron chi connectivity index (χ1n) is 6.10. The predicted octanol–water partition coefficient (Wildman–Crippen LogP) is 1.11. The highest BCUT2D eigenvalue weighted by atomic mass is 16.5. The highest BCUT2D eigenvalue weighted by molar-refractivity contribution is 5.09. The molecule has 16 heavy (non-hydrogen) atoms. The highest BCUT2D eigenvalue weighted by Gasteiger charge is 2.14. The molecule has 90 valence electrons. The fraction of sp³-hybridized carbons (Fsp3) is 0.750. The van der Waals surface area contributed by atoms with E-state index >= 15 is 0 Å². The second-order valence-corrected chi connectivity index (χ2v) is 4.48. The Bertz CT molecular complexity index is 329. The molecule has 2 rings (SSSR count). The largest absolute Gasteiger partial charge is 0.375 e. The zero-order chi connectivity index (χ0) is 11.4. The number of aromatic nitrogens is 2. The molecule has 0 saturated carbocycles. The molecule has 1 aromatic rings. The number of rotatable bonds is 5. The van der Waals surface area contributed by atoms with Crippen molar-refractivity contribution in [3.05, 3.63) is 17.5 Å². The summed E-state index contributed by atoms with van der Waals surface area (Å²) in [6.45, 7) is 5.90. The van der Waals surface area contributed by atoms with E-state index in [-0.39, 0.29) is 0 Å². The van der Waals surface area contributed by atoms with Crippen LogP contribution in [0.1, 0.15) is 24.7 Å². The van der Waals surface area contributed by atoms with E-state index in [0.717, 1.165) is 31.8 Å². The fourth-order valence-corrected chi connectivity index (χ4v) is 2.07. The number of ether oxygens (including phenoxy) is 1. The minimum atomic E-state index is 0.681. The zero-order valence-corrected chi connectivity index (χ0v) is 10.2. The zero-order valence-electron chi connectivity index (χ0n) is 10.2. The lowest BCUT2D eigenvalue weighted by atomic mass is 10.1. The number of nitrogens with zero attached hydrogens (tertiary/aromatic N) is 2. The molecule has 1 unspecified atom stereocenters. The minimum Gasteiger partial charge on any atom is -0.375 e. The van der Waals surface area contributed by atoms with Crippen molar-refractivity contribution in [2.45, 2.75) is 26.4 Å². The third-order valence-electron chi connectivity index (χ3n) is 3.16. The molecule has 0 aliphatic carbocycles. The molecule has 1 fully saturated rings. The molecule has 4 heteroatoms. The van der Waals surface area contributed by atoms with E-state index in [4.69, 9.17) is 4.74 Å². The third kappa shape index (κ3) is 2.83. The van der Waals surface area contributed by atoms with Crippen LogP contribution in [-0.2, 0) is 24.8 Å². The van der Waals surface area contributed by atoms with Gasteiger partial charge in [0.2, 0.25) is 0 Å². The Hall–Kier alpha value is -0.870. The Morgan fingerprint density at radius 3 is 3.12 bits per heavy atom. The smallest absolute Gasteiger partial charge is 0.0884 e. The first-order valence-corrected chi connectivity index (χ1v) is 6.10. The fourth-order valence-electron chi connectivity index (χ4n) is 2.07. The number of hydrogen-bond donors (Lipinski definition) is 1. The molecule has 0 amide bonds. The standard InChI is InChI=1S/C12H21N3O/c1-3-11-6-12(15(2)14-11)9-16-8-10-4-5-13-7-10/h6,10,13H,3-5,7-9H2,1-2H3. The van der Waals surface area contributed by atoms with Crippen molar-refractivity contribution in [3.63, 3.8) is 0 Å². The van der Waals surface area contributed by atoms with Gasteiger partial charge in [-0.3, -0.25) is 4.68 Å². The molecule has 1 atom stereocenters. The molecular formula is C12H21N3O. The number of aryl methyl sites for hydroxylation is 2. The second kappa shape index (κ2) is 5.46. The van der Waals surface area contributed by atoms with Crippen LogP contribution >= 0.6 is 0 Å². The molecule has 0 spiro atoms. The molecule has 1 aliphatic rings. The van der Waals surface area contributed by atoms with Gasteiger partial charge in [0.1, 0.15) is 0 Å². The van der Waals surface area contributed by atoms with Crippen LogP contribution in [0.5, 0.6) is 0 Å². The molecule has 1 N–H and O–H groups in total. The summed E-state index contributed by atoms with van der Waals surface area (Å²) >= 11 is 0. The SMILES string of the molecule is CCc1cc(COCC2CCNC2)n(C)n1. The summed E-state index contributed by atoms with van der Waals surface area (Å²) in [6, 6.07) is 2.13. The van der Waals surface area contributed by atoms with Crippen LogP contribution in [-0.4, -0.2) is 29.5 Å². The average molecular weight is 223 g/mol. The highest BCUT2D eigenvalue weighted by Crippen LogP contribution is 2.10. The van der Waals surface area contributed by atoms with Gasteiger partial charge in [0, 0.05) is 13.6 Å². The predicted molar refractivity (Wildman–Crippen MR) is 63.2 cm³/mol. The summed E-state index contributed by atoms with van der Waals surface area (Å²) in [7, 11) is 1.98. The number of nitrogens with one attached hydrogen (secondary N) is 1. The van der Waals surface area contributed by atoms with Gasteiger partial charge in [-0.2, -0.15) is 5.10 Å². The van der Waals surface area contributed by atoms with Crippen molar-refractivity contribution in [3.8, 4) is 0 Å². The molecule has 0 aromatic carbocycles. The Morgan fingerprint density at radius 1 is 1.62 bits per heavy atom. The van der Waals surface area contributed by atoms with Crippen molar-refractivity contribution < 1.29 is 4.74 Å². The summed E-state index contributed by atoms with van der Waals surface area (Å²) in [5.41, 5.74) is 2.31. The van der Waals surface area contributed by atoms with Crippen molar-refractivity contribution in [1.82, 2.24) is 15.1 Å². The van der Waals surface area contributed by atoms with E-state index in [1.54, 1.807) is 0 Å². The van der Waals surface area contributed by atoms with Gasteiger partial charge >= 0.3 is 0 Å². The van der Waals surface area contributed by atoms with E-state index < -0.39 is 0 Å². The van der Waals surface area contributed by atoms with Crippen LogP contribution in [0.2, 0.25) is 0 Å². The van der Waals surface area contributed by atoms with Gasteiger partial charge in [0.05, 0.1) is 24.6 Å². The quantitative estimate of drug-likeness (QED) is 0.812. The van der Waals surface area contributed by atoms with Crippen molar-refractivity contribution in [1.29, 1.82) is 0 Å². The van der Waals surface area contributed by atoms with Gasteiger partial charge in [0.25, 0.3) is 0 Å². The lowest BCUT2D eigenvalue weighted by Crippen LogP contribution is -2.14. The van der Waals surface area contributed by atoms with E-state index in [0.29, 0.717) is 12.5 Å². The maximum absolute atomic E-state index is 5.74. The molecule has 4 nitrogen and oxygen atoms in total. The van der Waals surface area contributed by atoms with Gasteiger partial charge in [0.15, 0.2) is 0 Å². The minimum absolute atomic E-state index is 0.681.